The van der Waals surface area contributed by atoms with Crippen molar-refractivity contribution in [1.29, 1.82) is 5.26 Å². The number of benzene rings is 1. The zero-order valence-corrected chi connectivity index (χ0v) is 17.3. The van der Waals surface area contributed by atoms with E-state index in [4.69, 9.17) is 4.98 Å². The average Bonchev–Trinajstić information content (AvgIpc) is 3.02. The summed E-state index contributed by atoms with van der Waals surface area (Å²) in [6.45, 7) is 3.23. The third kappa shape index (κ3) is 3.36. The van der Waals surface area contributed by atoms with Crippen molar-refractivity contribution < 1.29 is 0 Å². The van der Waals surface area contributed by atoms with Gasteiger partial charge in [-0.05, 0) is 56.5 Å². The molecule has 0 bridgehead atoms. The van der Waals surface area contributed by atoms with Gasteiger partial charge in [-0.15, -0.1) is 11.3 Å². The highest BCUT2D eigenvalue weighted by molar-refractivity contribution is 7.18. The molecule has 6 heteroatoms. The van der Waals surface area contributed by atoms with Crippen LogP contribution in [-0.2, 0) is 25.9 Å². The fraction of sp³-hybridized carbons (Fsp3) is 0.409. The van der Waals surface area contributed by atoms with Crippen LogP contribution < -0.4 is 5.56 Å². The molecule has 28 heavy (non-hydrogen) atoms. The van der Waals surface area contributed by atoms with Crippen molar-refractivity contribution in [3.05, 3.63) is 62.0 Å². The average molecular weight is 393 g/mol. The number of aryl methyl sites for hydroxylation is 1. The van der Waals surface area contributed by atoms with Gasteiger partial charge < -0.3 is 4.90 Å². The standard InChI is InChI=1S/C22H24N4OS/c1-14-8-9-17-18(10-14)28-21-20(17)22(27)26(19(24-21)13-25(2)3)12-16-7-5-4-6-15(16)11-23/h4-7,14H,8-10,12-13H2,1-3H3. The van der Waals surface area contributed by atoms with Crippen molar-refractivity contribution in [3.8, 4) is 6.07 Å². The Morgan fingerprint density at radius 3 is 2.89 bits per heavy atom. The third-order valence-corrected chi connectivity index (χ3v) is 6.57. The molecular weight excluding hydrogens is 368 g/mol. The summed E-state index contributed by atoms with van der Waals surface area (Å²) in [5.74, 6) is 1.41. The van der Waals surface area contributed by atoms with Crippen molar-refractivity contribution in [2.24, 2.45) is 5.92 Å². The van der Waals surface area contributed by atoms with Gasteiger partial charge >= 0.3 is 0 Å². The fourth-order valence-electron chi connectivity index (χ4n) is 3.97. The van der Waals surface area contributed by atoms with E-state index in [0.717, 1.165) is 40.9 Å². The summed E-state index contributed by atoms with van der Waals surface area (Å²) in [5.41, 5.74) is 2.69. The maximum atomic E-state index is 13.6. The van der Waals surface area contributed by atoms with Gasteiger partial charge in [0.1, 0.15) is 10.7 Å². The van der Waals surface area contributed by atoms with Gasteiger partial charge in [0.15, 0.2) is 0 Å². The minimum absolute atomic E-state index is 0.0293. The number of nitrogens with zero attached hydrogens (tertiary/aromatic N) is 4. The molecule has 0 spiro atoms. The highest BCUT2D eigenvalue weighted by Gasteiger charge is 2.25. The Morgan fingerprint density at radius 1 is 1.36 bits per heavy atom. The first-order valence-electron chi connectivity index (χ1n) is 9.64. The monoisotopic (exact) mass is 392 g/mol. The molecule has 0 radical (unpaired) electrons. The smallest absolute Gasteiger partial charge is 0.262 e. The maximum absolute atomic E-state index is 13.6. The van der Waals surface area contributed by atoms with Gasteiger partial charge in [-0.1, -0.05) is 25.1 Å². The molecule has 1 aromatic carbocycles. The van der Waals surface area contributed by atoms with Crippen LogP contribution in [0.1, 0.15) is 40.7 Å². The minimum atomic E-state index is 0.0293. The molecule has 144 valence electrons. The van der Waals surface area contributed by atoms with Crippen molar-refractivity contribution >= 4 is 21.6 Å². The summed E-state index contributed by atoms with van der Waals surface area (Å²) < 4.78 is 1.77. The Labute approximate surface area is 168 Å². The molecular formula is C22H24N4OS. The van der Waals surface area contributed by atoms with Crippen LogP contribution in [0.5, 0.6) is 0 Å². The molecule has 0 saturated carbocycles. The van der Waals surface area contributed by atoms with Crippen LogP contribution in [0.2, 0.25) is 0 Å². The second kappa shape index (κ2) is 7.50. The lowest BCUT2D eigenvalue weighted by molar-refractivity contribution is 0.379. The number of rotatable bonds is 4. The van der Waals surface area contributed by atoms with Gasteiger partial charge in [0.25, 0.3) is 5.56 Å². The number of thiophene rings is 1. The Hall–Kier alpha value is -2.49. The van der Waals surface area contributed by atoms with E-state index < -0.39 is 0 Å². The van der Waals surface area contributed by atoms with E-state index in [-0.39, 0.29) is 5.56 Å². The van der Waals surface area contributed by atoms with Crippen LogP contribution in [0, 0.1) is 17.2 Å². The van der Waals surface area contributed by atoms with Gasteiger partial charge in [-0.2, -0.15) is 5.26 Å². The zero-order chi connectivity index (χ0) is 19.8. The molecule has 3 aromatic rings. The summed E-state index contributed by atoms with van der Waals surface area (Å²) in [4.78, 5) is 22.7. The zero-order valence-electron chi connectivity index (χ0n) is 16.5. The molecule has 2 heterocycles. The van der Waals surface area contributed by atoms with E-state index in [1.165, 1.54) is 10.4 Å². The molecule has 0 saturated heterocycles. The van der Waals surface area contributed by atoms with Crippen LogP contribution in [0.4, 0.5) is 0 Å². The van der Waals surface area contributed by atoms with Crippen molar-refractivity contribution in [2.45, 2.75) is 39.3 Å². The van der Waals surface area contributed by atoms with Crippen LogP contribution >= 0.6 is 11.3 Å². The van der Waals surface area contributed by atoms with Gasteiger partial charge in [-0.25, -0.2) is 4.98 Å². The maximum Gasteiger partial charge on any atom is 0.262 e. The number of hydrogen-bond donors (Lipinski definition) is 0. The first-order valence-corrected chi connectivity index (χ1v) is 10.5. The summed E-state index contributed by atoms with van der Waals surface area (Å²) >= 11 is 1.69. The molecule has 1 atom stereocenters. The van der Waals surface area contributed by atoms with Gasteiger partial charge in [0.05, 0.1) is 30.1 Å². The summed E-state index contributed by atoms with van der Waals surface area (Å²) in [6.07, 6.45) is 3.11. The first kappa shape index (κ1) is 18.9. The molecule has 0 amide bonds. The van der Waals surface area contributed by atoms with E-state index in [2.05, 4.69) is 13.0 Å². The summed E-state index contributed by atoms with van der Waals surface area (Å²) in [7, 11) is 3.95. The highest BCUT2D eigenvalue weighted by Crippen LogP contribution is 2.36. The summed E-state index contributed by atoms with van der Waals surface area (Å²) in [6, 6.07) is 9.71. The van der Waals surface area contributed by atoms with Crippen LogP contribution in [0.15, 0.2) is 29.1 Å². The van der Waals surface area contributed by atoms with Crippen LogP contribution in [0.3, 0.4) is 0 Å². The molecule has 1 unspecified atom stereocenters. The number of nitriles is 1. The van der Waals surface area contributed by atoms with Crippen LogP contribution in [-0.4, -0.2) is 28.5 Å². The normalized spacial score (nSPS) is 16.3. The molecule has 2 aromatic heterocycles. The second-order valence-corrected chi connectivity index (χ2v) is 9.04. The van der Waals surface area contributed by atoms with Gasteiger partial charge in [-0.3, -0.25) is 9.36 Å². The predicted octanol–water partition coefficient (Wildman–Crippen LogP) is 3.56. The second-order valence-electron chi connectivity index (χ2n) is 7.96. The van der Waals surface area contributed by atoms with Crippen molar-refractivity contribution in [1.82, 2.24) is 14.5 Å². The quantitative estimate of drug-likeness (QED) is 0.681. The highest BCUT2D eigenvalue weighted by atomic mass is 32.1. The molecule has 4 rings (SSSR count). The van der Waals surface area contributed by atoms with E-state index in [1.807, 2.05) is 37.2 Å². The molecule has 0 aliphatic heterocycles. The molecule has 1 aliphatic carbocycles. The van der Waals surface area contributed by atoms with E-state index >= 15 is 0 Å². The van der Waals surface area contributed by atoms with Crippen LogP contribution in [0.25, 0.3) is 10.2 Å². The molecule has 1 aliphatic rings. The van der Waals surface area contributed by atoms with Gasteiger partial charge in [0, 0.05) is 4.88 Å². The third-order valence-electron chi connectivity index (χ3n) is 5.42. The van der Waals surface area contributed by atoms with Crippen molar-refractivity contribution in [2.75, 3.05) is 14.1 Å². The lowest BCUT2D eigenvalue weighted by Crippen LogP contribution is -2.29. The number of fused-ring (bicyclic) bond motifs is 3. The number of hydrogen-bond acceptors (Lipinski definition) is 5. The van der Waals surface area contributed by atoms with Gasteiger partial charge in [0.2, 0.25) is 0 Å². The molecule has 0 fully saturated rings. The van der Waals surface area contributed by atoms with E-state index in [9.17, 15) is 10.1 Å². The Morgan fingerprint density at radius 2 is 2.14 bits per heavy atom. The first-order chi connectivity index (χ1) is 13.5. The van der Waals surface area contributed by atoms with Crippen molar-refractivity contribution in [3.63, 3.8) is 0 Å². The topological polar surface area (TPSA) is 61.9 Å². The molecule has 0 N–H and O–H groups in total. The number of aromatic nitrogens is 2. The van der Waals surface area contributed by atoms with E-state index in [0.29, 0.717) is 24.6 Å². The predicted molar refractivity (Wildman–Crippen MR) is 113 cm³/mol. The minimum Gasteiger partial charge on any atom is -0.302 e. The SMILES string of the molecule is CC1CCc2c(sc3nc(CN(C)C)n(Cc4ccccc4C#N)c(=O)c23)C1. The Bertz CT molecular complexity index is 1140. The molecule has 5 nitrogen and oxygen atoms in total. The van der Waals surface area contributed by atoms with E-state index in [1.54, 1.807) is 22.0 Å². The fourth-order valence-corrected chi connectivity index (χ4v) is 5.36. The summed E-state index contributed by atoms with van der Waals surface area (Å²) in [5, 5.41) is 10.2. The Balaban J connectivity index is 1.91. The Kier molecular flexibility index (Phi) is 5.05. The lowest BCUT2D eigenvalue weighted by Gasteiger charge is -2.18. The largest absolute Gasteiger partial charge is 0.302 e. The lowest BCUT2D eigenvalue weighted by atomic mass is 9.89.